The maximum absolute atomic E-state index is 13.4. The van der Waals surface area contributed by atoms with Gasteiger partial charge in [0.15, 0.2) is 5.78 Å². The van der Waals surface area contributed by atoms with E-state index in [2.05, 4.69) is 47.6 Å². The molecule has 3 heteroatoms. The maximum atomic E-state index is 13.4. The van der Waals surface area contributed by atoms with Gasteiger partial charge in [0.05, 0.1) is 6.61 Å². The largest absolute Gasteiger partial charge is 0.490 e. The summed E-state index contributed by atoms with van der Waals surface area (Å²) >= 11 is 0. The lowest BCUT2D eigenvalue weighted by Crippen LogP contribution is -2.20. The molecule has 27 heavy (non-hydrogen) atoms. The molecule has 1 fully saturated rings. The molecule has 1 aliphatic rings. The summed E-state index contributed by atoms with van der Waals surface area (Å²) in [7, 11) is 0. The Bertz CT molecular complexity index is 833. The highest BCUT2D eigenvalue weighted by Gasteiger charge is 2.29. The molecule has 144 valence electrons. The van der Waals surface area contributed by atoms with E-state index in [4.69, 9.17) is 9.47 Å². The molecule has 3 rings (SSSR count). The van der Waals surface area contributed by atoms with Crippen LogP contribution < -0.4 is 4.74 Å². The van der Waals surface area contributed by atoms with Crippen molar-refractivity contribution in [2.24, 2.45) is 0 Å². The smallest absolute Gasteiger partial charge is 0.193 e. The maximum Gasteiger partial charge on any atom is 0.193 e. The van der Waals surface area contributed by atoms with Crippen LogP contribution in [0, 0.1) is 0 Å². The van der Waals surface area contributed by atoms with Crippen molar-refractivity contribution in [1.82, 2.24) is 0 Å². The second kappa shape index (κ2) is 7.12. The molecular formula is C24H30O3. The van der Waals surface area contributed by atoms with Gasteiger partial charge in [0.2, 0.25) is 0 Å². The van der Waals surface area contributed by atoms with Crippen LogP contribution in [0.15, 0.2) is 42.5 Å². The van der Waals surface area contributed by atoms with Crippen molar-refractivity contribution in [2.45, 2.75) is 58.5 Å². The first-order valence-electron chi connectivity index (χ1n) is 9.60. The monoisotopic (exact) mass is 366 g/mol. The molecule has 0 radical (unpaired) electrons. The van der Waals surface area contributed by atoms with Gasteiger partial charge in [0.25, 0.3) is 0 Å². The fourth-order valence-corrected chi connectivity index (χ4v) is 3.24. The third kappa shape index (κ3) is 4.59. The summed E-state index contributed by atoms with van der Waals surface area (Å²) in [5, 5.41) is 0. The molecule has 0 bridgehead atoms. The SMILES string of the molecule is CC(C)(C)c1cccc(C(=O)c2cccc(OCC3CO3)c2C(C)(C)C)c1. The molecule has 1 heterocycles. The van der Waals surface area contributed by atoms with Gasteiger partial charge in [-0.25, -0.2) is 0 Å². The summed E-state index contributed by atoms with van der Waals surface area (Å²) in [5.74, 6) is 0.815. The van der Waals surface area contributed by atoms with Crippen molar-refractivity contribution >= 4 is 5.78 Å². The number of ether oxygens (including phenoxy) is 2. The lowest BCUT2D eigenvalue weighted by atomic mass is 9.80. The van der Waals surface area contributed by atoms with Crippen molar-refractivity contribution in [2.75, 3.05) is 13.2 Å². The van der Waals surface area contributed by atoms with E-state index in [0.29, 0.717) is 12.2 Å². The molecule has 0 amide bonds. The van der Waals surface area contributed by atoms with Gasteiger partial charge in [-0.1, -0.05) is 71.9 Å². The van der Waals surface area contributed by atoms with Crippen molar-refractivity contribution < 1.29 is 14.3 Å². The van der Waals surface area contributed by atoms with Gasteiger partial charge in [-0.05, 0) is 28.5 Å². The Morgan fingerprint density at radius 2 is 1.70 bits per heavy atom. The Kier molecular flexibility index (Phi) is 5.18. The van der Waals surface area contributed by atoms with Gasteiger partial charge in [-0.3, -0.25) is 4.79 Å². The zero-order chi connectivity index (χ0) is 19.8. The molecule has 2 aromatic rings. The van der Waals surface area contributed by atoms with E-state index in [1.807, 2.05) is 36.4 Å². The van der Waals surface area contributed by atoms with Gasteiger partial charge in [0.1, 0.15) is 18.5 Å². The predicted octanol–water partition coefficient (Wildman–Crippen LogP) is 5.29. The number of benzene rings is 2. The first kappa shape index (κ1) is 19.6. The minimum atomic E-state index is -0.215. The van der Waals surface area contributed by atoms with Crippen LogP contribution in [0.25, 0.3) is 0 Å². The molecular weight excluding hydrogens is 336 g/mol. The van der Waals surface area contributed by atoms with Gasteiger partial charge in [-0.2, -0.15) is 0 Å². The van der Waals surface area contributed by atoms with E-state index >= 15 is 0 Å². The first-order valence-corrected chi connectivity index (χ1v) is 9.60. The number of hydrogen-bond acceptors (Lipinski definition) is 3. The molecule has 1 aliphatic heterocycles. The molecule has 1 saturated heterocycles. The zero-order valence-electron chi connectivity index (χ0n) is 17.3. The number of carbonyl (C=O) groups excluding carboxylic acids is 1. The molecule has 1 atom stereocenters. The third-order valence-electron chi connectivity index (χ3n) is 4.84. The predicted molar refractivity (Wildman–Crippen MR) is 109 cm³/mol. The Labute approximate surface area is 162 Å². The van der Waals surface area contributed by atoms with Crippen LogP contribution in [0.3, 0.4) is 0 Å². The fraction of sp³-hybridized carbons (Fsp3) is 0.458. The number of hydrogen-bond donors (Lipinski definition) is 0. The van der Waals surface area contributed by atoms with Gasteiger partial charge in [-0.15, -0.1) is 0 Å². The second-order valence-electron chi connectivity index (χ2n) is 9.35. The minimum Gasteiger partial charge on any atom is -0.490 e. The highest BCUT2D eigenvalue weighted by atomic mass is 16.6. The van der Waals surface area contributed by atoms with Gasteiger partial charge in [0, 0.05) is 16.7 Å². The van der Waals surface area contributed by atoms with Crippen LogP contribution in [0.4, 0.5) is 0 Å². The van der Waals surface area contributed by atoms with Crippen LogP contribution in [0.2, 0.25) is 0 Å². The molecule has 1 unspecified atom stereocenters. The summed E-state index contributed by atoms with van der Waals surface area (Å²) in [6.45, 7) is 14.1. The van der Waals surface area contributed by atoms with Crippen LogP contribution in [0.1, 0.15) is 68.6 Å². The first-order chi connectivity index (χ1) is 12.6. The molecule has 2 aromatic carbocycles. The quantitative estimate of drug-likeness (QED) is 0.533. The molecule has 0 spiro atoms. The Hall–Kier alpha value is -2.13. The Balaban J connectivity index is 2.02. The van der Waals surface area contributed by atoms with Crippen LogP contribution >= 0.6 is 0 Å². The van der Waals surface area contributed by atoms with E-state index in [9.17, 15) is 4.79 Å². The Morgan fingerprint density at radius 3 is 2.30 bits per heavy atom. The third-order valence-corrected chi connectivity index (χ3v) is 4.84. The normalized spacial score (nSPS) is 16.9. The summed E-state index contributed by atoms with van der Waals surface area (Å²) in [4.78, 5) is 13.4. The average Bonchev–Trinajstić information content (AvgIpc) is 3.42. The number of carbonyl (C=O) groups is 1. The summed E-state index contributed by atoms with van der Waals surface area (Å²) in [6.07, 6.45) is 0.181. The van der Waals surface area contributed by atoms with E-state index in [-0.39, 0.29) is 22.7 Å². The second-order valence-corrected chi connectivity index (χ2v) is 9.35. The Morgan fingerprint density at radius 1 is 1.04 bits per heavy atom. The molecule has 0 saturated carbocycles. The van der Waals surface area contributed by atoms with Crippen LogP contribution in [0.5, 0.6) is 5.75 Å². The fourth-order valence-electron chi connectivity index (χ4n) is 3.24. The highest BCUT2D eigenvalue weighted by molar-refractivity contribution is 6.10. The van der Waals surface area contributed by atoms with Gasteiger partial charge >= 0.3 is 0 Å². The van der Waals surface area contributed by atoms with E-state index in [1.54, 1.807) is 0 Å². The standard InChI is InChI=1S/C24H30O3/c1-23(2,3)17-10-7-9-16(13-17)22(25)19-11-8-12-20(21(19)24(4,5)6)27-15-18-14-26-18/h7-13,18H,14-15H2,1-6H3. The number of ketones is 1. The molecule has 0 aromatic heterocycles. The van der Waals surface area contributed by atoms with E-state index in [0.717, 1.165) is 29.0 Å². The van der Waals surface area contributed by atoms with E-state index in [1.165, 1.54) is 0 Å². The number of rotatable bonds is 5. The topological polar surface area (TPSA) is 38.8 Å². The minimum absolute atomic E-state index is 0.00162. The lowest BCUT2D eigenvalue weighted by Gasteiger charge is -2.26. The van der Waals surface area contributed by atoms with Gasteiger partial charge < -0.3 is 9.47 Å². The van der Waals surface area contributed by atoms with Crippen molar-refractivity contribution in [1.29, 1.82) is 0 Å². The average molecular weight is 367 g/mol. The molecule has 3 nitrogen and oxygen atoms in total. The zero-order valence-corrected chi connectivity index (χ0v) is 17.3. The summed E-state index contributed by atoms with van der Waals surface area (Å²) in [5.41, 5.74) is 3.32. The van der Waals surface area contributed by atoms with Crippen LogP contribution in [-0.2, 0) is 15.6 Å². The lowest BCUT2D eigenvalue weighted by molar-refractivity contribution is 0.103. The summed E-state index contributed by atoms with van der Waals surface area (Å²) < 4.78 is 11.3. The molecule has 0 aliphatic carbocycles. The highest BCUT2D eigenvalue weighted by Crippen LogP contribution is 2.36. The van der Waals surface area contributed by atoms with Crippen molar-refractivity contribution in [3.8, 4) is 5.75 Å². The molecule has 0 N–H and O–H groups in total. The number of epoxide rings is 1. The van der Waals surface area contributed by atoms with Crippen molar-refractivity contribution in [3.63, 3.8) is 0 Å². The summed E-state index contributed by atoms with van der Waals surface area (Å²) in [6, 6.07) is 13.7. The van der Waals surface area contributed by atoms with Crippen molar-refractivity contribution in [3.05, 3.63) is 64.7 Å². The van der Waals surface area contributed by atoms with E-state index < -0.39 is 0 Å². The van der Waals surface area contributed by atoms with Crippen LogP contribution in [-0.4, -0.2) is 25.1 Å².